The minimum atomic E-state index is -0.782. The second-order valence-corrected chi connectivity index (χ2v) is 4.82. The van der Waals surface area contributed by atoms with Gasteiger partial charge in [0.25, 0.3) is 0 Å². The van der Waals surface area contributed by atoms with E-state index in [0.29, 0.717) is 23.7 Å². The fourth-order valence-electron chi connectivity index (χ4n) is 2.00. The van der Waals surface area contributed by atoms with Crippen molar-refractivity contribution in [3.63, 3.8) is 0 Å². The molecule has 0 spiro atoms. The zero-order valence-electron chi connectivity index (χ0n) is 13.5. The van der Waals surface area contributed by atoms with Crippen LogP contribution in [0.1, 0.15) is 18.1 Å². The van der Waals surface area contributed by atoms with Gasteiger partial charge in [-0.3, -0.25) is 0 Å². The van der Waals surface area contributed by atoms with E-state index in [-0.39, 0.29) is 6.61 Å². The highest BCUT2D eigenvalue weighted by Gasteiger charge is 2.15. The topological polar surface area (TPSA) is 54.0 Å². The number of ether oxygens (including phenoxy) is 4. The van der Waals surface area contributed by atoms with Crippen molar-refractivity contribution < 1.29 is 23.7 Å². The van der Waals surface area contributed by atoms with Gasteiger partial charge in [0, 0.05) is 0 Å². The number of aryl methyl sites for hydroxylation is 1. The summed E-state index contributed by atoms with van der Waals surface area (Å²) in [7, 11) is 1.26. The lowest BCUT2D eigenvalue weighted by molar-refractivity contribution is 0.120. The summed E-state index contributed by atoms with van der Waals surface area (Å²) in [5.41, 5.74) is 1.81. The molecule has 0 fully saturated rings. The number of rotatable bonds is 6. The van der Waals surface area contributed by atoms with E-state index in [1.54, 1.807) is 12.1 Å². The maximum atomic E-state index is 11.4. The smallest absolute Gasteiger partial charge is 0.493 e. The molecule has 23 heavy (non-hydrogen) atoms. The van der Waals surface area contributed by atoms with E-state index in [0.717, 1.165) is 11.3 Å². The molecule has 0 unspecified atom stereocenters. The molecule has 0 N–H and O–H groups in total. The first-order chi connectivity index (χ1) is 11.1. The quantitative estimate of drug-likeness (QED) is 0.593. The Kier molecular flexibility index (Phi) is 5.86. The molecular weight excluding hydrogens is 296 g/mol. The second kappa shape index (κ2) is 8.08. The standard InChI is InChI=1S/C18H20O5/c1-4-21-16-6-5-7-17(23-18(19)20-3)15(16)12-22-14-10-8-13(2)9-11-14/h5-11H,4,12H2,1-3H3. The molecule has 5 nitrogen and oxygen atoms in total. The van der Waals surface area contributed by atoms with Crippen LogP contribution < -0.4 is 14.2 Å². The highest BCUT2D eigenvalue weighted by molar-refractivity contribution is 5.65. The van der Waals surface area contributed by atoms with Crippen molar-refractivity contribution in [1.29, 1.82) is 0 Å². The summed E-state index contributed by atoms with van der Waals surface area (Å²) >= 11 is 0. The van der Waals surface area contributed by atoms with E-state index in [1.807, 2.05) is 44.2 Å². The molecule has 0 aliphatic heterocycles. The number of carbonyl (C=O) groups is 1. The van der Waals surface area contributed by atoms with Crippen LogP contribution in [0.4, 0.5) is 4.79 Å². The van der Waals surface area contributed by atoms with Gasteiger partial charge in [-0.2, -0.15) is 0 Å². The largest absolute Gasteiger partial charge is 0.513 e. The molecule has 0 aliphatic carbocycles. The third-order valence-electron chi connectivity index (χ3n) is 3.15. The van der Waals surface area contributed by atoms with E-state index in [1.165, 1.54) is 7.11 Å². The molecule has 0 saturated carbocycles. The molecule has 0 bridgehead atoms. The van der Waals surface area contributed by atoms with Crippen LogP contribution in [-0.4, -0.2) is 19.9 Å². The van der Waals surface area contributed by atoms with Gasteiger partial charge in [0.2, 0.25) is 0 Å². The van der Waals surface area contributed by atoms with E-state index < -0.39 is 6.16 Å². The summed E-state index contributed by atoms with van der Waals surface area (Å²) in [5.74, 6) is 1.70. The van der Waals surface area contributed by atoms with Crippen LogP contribution in [0.5, 0.6) is 17.2 Å². The number of hydrogen-bond donors (Lipinski definition) is 0. The maximum absolute atomic E-state index is 11.4. The van der Waals surface area contributed by atoms with E-state index >= 15 is 0 Å². The van der Waals surface area contributed by atoms with Gasteiger partial charge in [0.05, 0.1) is 19.3 Å². The third kappa shape index (κ3) is 4.64. The van der Waals surface area contributed by atoms with Crippen molar-refractivity contribution in [2.45, 2.75) is 20.5 Å². The van der Waals surface area contributed by atoms with Crippen LogP contribution in [0.15, 0.2) is 42.5 Å². The lowest BCUT2D eigenvalue weighted by atomic mass is 10.2. The molecular formula is C18H20O5. The van der Waals surface area contributed by atoms with Crippen LogP contribution in [0.2, 0.25) is 0 Å². The predicted molar refractivity (Wildman–Crippen MR) is 86.2 cm³/mol. The van der Waals surface area contributed by atoms with Gasteiger partial charge in [-0.1, -0.05) is 23.8 Å². The second-order valence-electron chi connectivity index (χ2n) is 4.82. The first-order valence-corrected chi connectivity index (χ1v) is 7.34. The normalized spacial score (nSPS) is 10.0. The molecule has 0 aliphatic rings. The Bertz CT molecular complexity index is 649. The van der Waals surface area contributed by atoms with Crippen LogP contribution in [0, 0.1) is 6.92 Å². The molecule has 2 aromatic rings. The van der Waals surface area contributed by atoms with Gasteiger partial charge >= 0.3 is 6.16 Å². The highest BCUT2D eigenvalue weighted by atomic mass is 16.7. The Labute approximate surface area is 135 Å². The Hall–Kier alpha value is -2.69. The minimum absolute atomic E-state index is 0.214. The van der Waals surface area contributed by atoms with Crippen LogP contribution >= 0.6 is 0 Å². The van der Waals surface area contributed by atoms with Crippen molar-refractivity contribution in [1.82, 2.24) is 0 Å². The first kappa shape index (κ1) is 16.7. The predicted octanol–water partition coefficient (Wildman–Crippen LogP) is 4.12. The molecule has 5 heteroatoms. The Morgan fingerprint density at radius 2 is 1.70 bits per heavy atom. The summed E-state index contributed by atoms with van der Waals surface area (Å²) in [5, 5.41) is 0. The molecule has 0 aromatic heterocycles. The lowest BCUT2D eigenvalue weighted by Crippen LogP contribution is -2.11. The summed E-state index contributed by atoms with van der Waals surface area (Å²) in [6.07, 6.45) is -0.782. The highest BCUT2D eigenvalue weighted by Crippen LogP contribution is 2.30. The molecule has 0 atom stereocenters. The van der Waals surface area contributed by atoms with Crippen LogP contribution in [0.3, 0.4) is 0 Å². The zero-order valence-corrected chi connectivity index (χ0v) is 13.5. The van der Waals surface area contributed by atoms with Crippen molar-refractivity contribution >= 4 is 6.16 Å². The summed E-state index contributed by atoms with van der Waals surface area (Å²) in [6, 6.07) is 12.9. The summed E-state index contributed by atoms with van der Waals surface area (Å²) in [6.45, 7) is 4.61. The van der Waals surface area contributed by atoms with Crippen molar-refractivity contribution in [2.24, 2.45) is 0 Å². The molecule has 0 heterocycles. The molecule has 122 valence electrons. The van der Waals surface area contributed by atoms with E-state index in [4.69, 9.17) is 14.2 Å². The summed E-state index contributed by atoms with van der Waals surface area (Å²) < 4.78 is 21.1. The third-order valence-corrected chi connectivity index (χ3v) is 3.15. The number of hydrogen-bond acceptors (Lipinski definition) is 5. The summed E-state index contributed by atoms with van der Waals surface area (Å²) in [4.78, 5) is 11.4. The molecule has 2 aromatic carbocycles. The van der Waals surface area contributed by atoms with Crippen molar-refractivity contribution in [3.8, 4) is 17.2 Å². The fourth-order valence-corrected chi connectivity index (χ4v) is 2.00. The first-order valence-electron chi connectivity index (χ1n) is 7.34. The SMILES string of the molecule is CCOc1cccc(OC(=O)OC)c1COc1ccc(C)cc1. The Balaban J connectivity index is 2.22. The minimum Gasteiger partial charge on any atom is -0.493 e. The van der Waals surface area contributed by atoms with Gasteiger partial charge in [0.15, 0.2) is 0 Å². The molecule has 0 saturated heterocycles. The van der Waals surface area contributed by atoms with Gasteiger partial charge in [-0.25, -0.2) is 4.79 Å². The molecule has 0 amide bonds. The Morgan fingerprint density at radius 1 is 1.00 bits per heavy atom. The monoisotopic (exact) mass is 316 g/mol. The van der Waals surface area contributed by atoms with Gasteiger partial charge in [0.1, 0.15) is 23.9 Å². The number of methoxy groups -OCH3 is 1. The molecule has 2 rings (SSSR count). The number of carbonyl (C=O) groups excluding carboxylic acids is 1. The fraction of sp³-hybridized carbons (Fsp3) is 0.278. The zero-order chi connectivity index (χ0) is 16.7. The maximum Gasteiger partial charge on any atom is 0.513 e. The van der Waals surface area contributed by atoms with Crippen LogP contribution in [0.25, 0.3) is 0 Å². The average molecular weight is 316 g/mol. The van der Waals surface area contributed by atoms with Gasteiger partial charge in [-0.15, -0.1) is 0 Å². The van der Waals surface area contributed by atoms with Crippen molar-refractivity contribution in [3.05, 3.63) is 53.6 Å². The Morgan fingerprint density at radius 3 is 2.35 bits per heavy atom. The lowest BCUT2D eigenvalue weighted by Gasteiger charge is -2.15. The van der Waals surface area contributed by atoms with Crippen molar-refractivity contribution in [2.75, 3.05) is 13.7 Å². The van der Waals surface area contributed by atoms with Gasteiger partial charge < -0.3 is 18.9 Å². The van der Waals surface area contributed by atoms with E-state index in [9.17, 15) is 4.79 Å². The average Bonchev–Trinajstić information content (AvgIpc) is 2.56. The molecule has 0 radical (unpaired) electrons. The van der Waals surface area contributed by atoms with E-state index in [2.05, 4.69) is 4.74 Å². The van der Waals surface area contributed by atoms with Gasteiger partial charge in [-0.05, 0) is 38.1 Å². The van der Waals surface area contributed by atoms with Crippen LogP contribution in [-0.2, 0) is 11.3 Å². The number of benzene rings is 2.